The second kappa shape index (κ2) is 3.01. The molecule has 4 heteroatoms. The highest BCUT2D eigenvalue weighted by molar-refractivity contribution is 6.03. The third-order valence-corrected chi connectivity index (χ3v) is 1.28. The van der Waals surface area contributed by atoms with Crippen LogP contribution in [0.25, 0.3) is 0 Å². The smallest absolute Gasteiger partial charge is 0.212 e. The Hall–Kier alpha value is -1.58. The van der Waals surface area contributed by atoms with Crippen LogP contribution >= 0.6 is 0 Å². The monoisotopic (exact) mass is 150 g/mol. The van der Waals surface area contributed by atoms with Gasteiger partial charge in [0.15, 0.2) is 0 Å². The van der Waals surface area contributed by atoms with Crippen LogP contribution in [-0.2, 0) is 0 Å². The van der Waals surface area contributed by atoms with Gasteiger partial charge in [-0.25, -0.2) is 4.99 Å². The molecule has 0 aliphatic carbocycles. The minimum Gasteiger partial charge on any atom is -0.368 e. The normalized spacial score (nSPS) is 11.5. The van der Waals surface area contributed by atoms with Crippen LogP contribution in [0.2, 0.25) is 0 Å². The predicted molar refractivity (Wildman–Crippen MR) is 44.9 cm³/mol. The Kier molecular flexibility index (Phi) is 2.06. The van der Waals surface area contributed by atoms with E-state index in [0.717, 1.165) is 11.4 Å². The summed E-state index contributed by atoms with van der Waals surface area (Å²) >= 11 is 0. The summed E-state index contributed by atoms with van der Waals surface area (Å²) in [4.78, 5) is 6.73. The van der Waals surface area contributed by atoms with Crippen molar-refractivity contribution >= 4 is 11.7 Å². The average molecular weight is 150 g/mol. The summed E-state index contributed by atoms with van der Waals surface area (Å²) in [5.74, 6) is -0.169. The maximum Gasteiger partial charge on any atom is 0.212 e. The van der Waals surface area contributed by atoms with Crippen molar-refractivity contribution in [2.24, 2.45) is 10.7 Å². The fourth-order valence-corrected chi connectivity index (χ4v) is 0.796. The fourth-order valence-electron chi connectivity index (χ4n) is 0.796. The van der Waals surface area contributed by atoms with Crippen LogP contribution in [0.1, 0.15) is 12.6 Å². The number of nitrogens with one attached hydrogen (secondary N) is 2. The van der Waals surface area contributed by atoms with Crippen molar-refractivity contribution in [2.75, 3.05) is 0 Å². The molecule has 0 bridgehead atoms. The number of aromatic nitrogens is 1. The van der Waals surface area contributed by atoms with E-state index in [1.807, 2.05) is 12.1 Å². The zero-order valence-corrected chi connectivity index (χ0v) is 6.26. The molecule has 0 radical (unpaired) electrons. The van der Waals surface area contributed by atoms with Gasteiger partial charge in [0.2, 0.25) is 5.96 Å². The molecule has 4 nitrogen and oxygen atoms in total. The molecule has 1 rings (SSSR count). The first-order chi connectivity index (χ1) is 5.20. The van der Waals surface area contributed by atoms with Gasteiger partial charge in [-0.1, -0.05) is 0 Å². The molecule has 0 aromatic carbocycles. The van der Waals surface area contributed by atoms with E-state index in [0.29, 0.717) is 0 Å². The van der Waals surface area contributed by atoms with Crippen LogP contribution in [0, 0.1) is 5.41 Å². The third-order valence-electron chi connectivity index (χ3n) is 1.28. The maximum absolute atomic E-state index is 6.90. The summed E-state index contributed by atoms with van der Waals surface area (Å²) in [6.07, 6.45) is 1.80. The Morgan fingerprint density at radius 3 is 2.91 bits per heavy atom. The first-order valence-corrected chi connectivity index (χ1v) is 3.23. The second-order valence-electron chi connectivity index (χ2n) is 2.17. The zero-order valence-electron chi connectivity index (χ0n) is 6.26. The van der Waals surface area contributed by atoms with E-state index in [1.165, 1.54) is 0 Å². The summed E-state index contributed by atoms with van der Waals surface area (Å²) in [5, 5.41) is 6.90. The Labute approximate surface area is 64.7 Å². The van der Waals surface area contributed by atoms with Gasteiger partial charge in [-0.2, -0.15) is 0 Å². The lowest BCUT2D eigenvalue weighted by atomic mass is 10.3. The molecule has 0 saturated heterocycles. The van der Waals surface area contributed by atoms with Gasteiger partial charge >= 0.3 is 0 Å². The summed E-state index contributed by atoms with van der Waals surface area (Å²) < 4.78 is 0. The molecule has 0 aliphatic rings. The SMILES string of the molecule is C/C(=N/C(=N)N)c1ccc[nH]1. The molecule has 4 N–H and O–H groups in total. The zero-order chi connectivity index (χ0) is 8.27. The van der Waals surface area contributed by atoms with Crippen molar-refractivity contribution in [1.82, 2.24) is 4.98 Å². The summed E-state index contributed by atoms with van der Waals surface area (Å²) in [6.45, 7) is 1.80. The van der Waals surface area contributed by atoms with Gasteiger partial charge in [-0.15, -0.1) is 0 Å². The molecular formula is C7H10N4. The van der Waals surface area contributed by atoms with Crippen molar-refractivity contribution in [3.63, 3.8) is 0 Å². The predicted octanol–water partition coefficient (Wildman–Crippen LogP) is 0.717. The lowest BCUT2D eigenvalue weighted by Crippen LogP contribution is -2.09. The molecule has 0 atom stereocenters. The van der Waals surface area contributed by atoms with Crippen molar-refractivity contribution < 1.29 is 0 Å². The van der Waals surface area contributed by atoms with Gasteiger partial charge < -0.3 is 10.7 Å². The van der Waals surface area contributed by atoms with E-state index in [9.17, 15) is 0 Å². The quantitative estimate of drug-likeness (QED) is 0.400. The van der Waals surface area contributed by atoms with E-state index in [4.69, 9.17) is 11.1 Å². The number of hydrogen-bond acceptors (Lipinski definition) is 1. The van der Waals surface area contributed by atoms with Gasteiger partial charge in [0.1, 0.15) is 0 Å². The summed E-state index contributed by atoms with van der Waals surface area (Å²) in [5.41, 5.74) is 6.69. The van der Waals surface area contributed by atoms with E-state index in [-0.39, 0.29) is 5.96 Å². The largest absolute Gasteiger partial charge is 0.368 e. The number of hydrogen-bond donors (Lipinski definition) is 3. The first-order valence-electron chi connectivity index (χ1n) is 3.23. The fraction of sp³-hybridized carbons (Fsp3) is 0.143. The molecule has 1 aromatic heterocycles. The van der Waals surface area contributed by atoms with Crippen molar-refractivity contribution in [3.8, 4) is 0 Å². The van der Waals surface area contributed by atoms with Gasteiger partial charge in [-0.3, -0.25) is 5.41 Å². The Bertz CT molecular complexity index is 271. The molecule has 0 saturated carbocycles. The van der Waals surface area contributed by atoms with Gasteiger partial charge in [0.05, 0.1) is 11.4 Å². The highest BCUT2D eigenvalue weighted by Crippen LogP contribution is 1.96. The number of nitrogens with zero attached hydrogens (tertiary/aromatic N) is 1. The molecule has 11 heavy (non-hydrogen) atoms. The van der Waals surface area contributed by atoms with Crippen LogP contribution in [0.4, 0.5) is 0 Å². The number of aromatic amines is 1. The van der Waals surface area contributed by atoms with E-state index < -0.39 is 0 Å². The molecular weight excluding hydrogens is 140 g/mol. The number of aliphatic imine (C=N–C) groups is 1. The van der Waals surface area contributed by atoms with Gasteiger partial charge in [-0.05, 0) is 19.1 Å². The summed E-state index contributed by atoms with van der Waals surface area (Å²) in [7, 11) is 0. The minimum atomic E-state index is -0.169. The lowest BCUT2D eigenvalue weighted by molar-refractivity contribution is 1.33. The molecule has 1 aromatic rings. The first kappa shape index (κ1) is 7.53. The van der Waals surface area contributed by atoms with Crippen molar-refractivity contribution in [2.45, 2.75) is 6.92 Å². The van der Waals surface area contributed by atoms with Gasteiger partial charge in [0, 0.05) is 6.20 Å². The number of guanidine groups is 1. The molecule has 0 aliphatic heterocycles. The van der Waals surface area contributed by atoms with Crippen LogP contribution in [0.5, 0.6) is 0 Å². The van der Waals surface area contributed by atoms with Crippen LogP contribution in [0.15, 0.2) is 23.3 Å². The van der Waals surface area contributed by atoms with Gasteiger partial charge in [0.25, 0.3) is 0 Å². The van der Waals surface area contributed by atoms with Crippen LogP contribution in [0.3, 0.4) is 0 Å². The van der Waals surface area contributed by atoms with Crippen molar-refractivity contribution in [1.29, 1.82) is 5.41 Å². The van der Waals surface area contributed by atoms with E-state index in [2.05, 4.69) is 9.98 Å². The Balaban J connectivity index is 2.86. The number of rotatable bonds is 1. The summed E-state index contributed by atoms with van der Waals surface area (Å²) in [6, 6.07) is 3.75. The molecule has 58 valence electrons. The molecule has 1 heterocycles. The molecule has 0 fully saturated rings. The highest BCUT2D eigenvalue weighted by Gasteiger charge is 1.95. The lowest BCUT2D eigenvalue weighted by Gasteiger charge is -1.93. The molecule has 0 unspecified atom stereocenters. The maximum atomic E-state index is 6.90. The van der Waals surface area contributed by atoms with Crippen molar-refractivity contribution in [3.05, 3.63) is 24.0 Å². The van der Waals surface area contributed by atoms with E-state index in [1.54, 1.807) is 13.1 Å². The standard InChI is InChI=1S/C7H10N4/c1-5(11-7(8)9)6-3-2-4-10-6/h2-4,10H,1H3,(H3,8,9)/b11-5-. The topological polar surface area (TPSA) is 78.0 Å². The number of nitrogens with two attached hydrogens (primary N) is 1. The third kappa shape index (κ3) is 1.93. The van der Waals surface area contributed by atoms with Crippen LogP contribution < -0.4 is 5.73 Å². The second-order valence-corrected chi connectivity index (χ2v) is 2.17. The van der Waals surface area contributed by atoms with E-state index >= 15 is 0 Å². The number of H-pyrrole nitrogens is 1. The minimum absolute atomic E-state index is 0.169. The Morgan fingerprint density at radius 2 is 2.45 bits per heavy atom. The Morgan fingerprint density at radius 1 is 1.73 bits per heavy atom. The highest BCUT2D eigenvalue weighted by atomic mass is 15.0. The van der Waals surface area contributed by atoms with Crippen LogP contribution in [-0.4, -0.2) is 16.7 Å². The average Bonchev–Trinajstić information content (AvgIpc) is 2.35. The molecule has 0 amide bonds. The molecule has 0 spiro atoms.